The van der Waals surface area contributed by atoms with Crippen LogP contribution in [0.25, 0.3) is 5.69 Å². The summed E-state index contributed by atoms with van der Waals surface area (Å²) in [5.74, 6) is -1.76. The number of aromatic nitrogens is 3. The first-order valence-electron chi connectivity index (χ1n) is 9.72. The van der Waals surface area contributed by atoms with E-state index in [1.165, 1.54) is 11.3 Å². The molecule has 0 saturated carbocycles. The molecular formula is C23H19N5O3S. The Morgan fingerprint density at radius 2 is 1.66 bits per heavy atom. The van der Waals surface area contributed by atoms with E-state index < -0.39 is 11.7 Å². The molecule has 0 aliphatic rings. The van der Waals surface area contributed by atoms with Crippen LogP contribution in [0.4, 0.5) is 10.8 Å². The van der Waals surface area contributed by atoms with Gasteiger partial charge < -0.3 is 5.32 Å². The van der Waals surface area contributed by atoms with Crippen LogP contribution in [0, 0.1) is 13.8 Å². The van der Waals surface area contributed by atoms with E-state index in [0.717, 1.165) is 5.69 Å². The van der Waals surface area contributed by atoms with E-state index in [9.17, 15) is 14.4 Å². The van der Waals surface area contributed by atoms with Crippen molar-refractivity contribution >= 4 is 39.8 Å². The Labute approximate surface area is 187 Å². The number of amides is 2. The summed E-state index contributed by atoms with van der Waals surface area (Å²) in [4.78, 5) is 41.7. The van der Waals surface area contributed by atoms with Gasteiger partial charge in [-0.15, -0.1) is 11.3 Å². The van der Waals surface area contributed by atoms with Crippen molar-refractivity contribution in [3.63, 3.8) is 0 Å². The molecule has 2 aromatic carbocycles. The third-order valence-corrected chi connectivity index (χ3v) is 5.47. The van der Waals surface area contributed by atoms with Crippen LogP contribution in [-0.4, -0.2) is 32.4 Å². The molecule has 8 nitrogen and oxygen atoms in total. The fourth-order valence-corrected chi connectivity index (χ4v) is 3.78. The second-order valence-electron chi connectivity index (χ2n) is 6.95. The first kappa shape index (κ1) is 21.1. The van der Waals surface area contributed by atoms with Crippen molar-refractivity contribution in [2.24, 2.45) is 0 Å². The molecule has 2 heterocycles. The molecule has 160 valence electrons. The van der Waals surface area contributed by atoms with Crippen LogP contribution >= 0.6 is 11.3 Å². The number of nitrogens with one attached hydrogen (secondary N) is 2. The van der Waals surface area contributed by atoms with E-state index in [4.69, 9.17) is 0 Å². The fraction of sp³-hybridized carbons (Fsp3) is 0.0870. The second kappa shape index (κ2) is 8.94. The Morgan fingerprint density at radius 1 is 0.938 bits per heavy atom. The Hall–Kier alpha value is -4.11. The quantitative estimate of drug-likeness (QED) is 0.344. The zero-order chi connectivity index (χ0) is 22.7. The summed E-state index contributed by atoms with van der Waals surface area (Å²) < 4.78 is 1.64. The predicted octanol–water partition coefficient (Wildman–Crippen LogP) is 4.02. The molecule has 0 aliphatic carbocycles. The Balaban J connectivity index is 1.47. The van der Waals surface area contributed by atoms with Crippen LogP contribution in [0.3, 0.4) is 0 Å². The summed E-state index contributed by atoms with van der Waals surface area (Å²) in [6, 6.07) is 15.6. The minimum absolute atomic E-state index is 0.269. The van der Waals surface area contributed by atoms with Gasteiger partial charge in [0.15, 0.2) is 5.13 Å². The topological polar surface area (TPSA) is 106 Å². The first-order chi connectivity index (χ1) is 15.4. The Bertz CT molecular complexity index is 1280. The Kier molecular flexibility index (Phi) is 5.91. The number of aryl methyl sites for hydroxylation is 1. The molecule has 0 fully saturated rings. The number of ketones is 1. The standard InChI is InChI=1S/C23H19N5O3S/c1-14-19(15(2)28(27-14)18-6-4-3-5-7-18)20(29)22(31)25-17-10-8-16(9-11-17)21(30)26-23-24-12-13-32-23/h3-13H,1-2H3,(H,25,31)(H,24,26,30). The second-order valence-corrected chi connectivity index (χ2v) is 7.84. The molecule has 32 heavy (non-hydrogen) atoms. The van der Waals surface area contributed by atoms with Crippen molar-refractivity contribution < 1.29 is 14.4 Å². The van der Waals surface area contributed by atoms with Crippen molar-refractivity contribution in [3.8, 4) is 5.69 Å². The number of rotatable bonds is 6. The van der Waals surface area contributed by atoms with Crippen molar-refractivity contribution in [1.82, 2.24) is 14.8 Å². The van der Waals surface area contributed by atoms with Gasteiger partial charge in [0.25, 0.3) is 17.6 Å². The number of nitrogens with zero attached hydrogens (tertiary/aromatic N) is 3. The summed E-state index contributed by atoms with van der Waals surface area (Å²) >= 11 is 1.32. The van der Waals surface area contributed by atoms with E-state index in [0.29, 0.717) is 27.8 Å². The third-order valence-electron chi connectivity index (χ3n) is 4.78. The molecule has 0 bridgehead atoms. The number of carbonyl (C=O) groups excluding carboxylic acids is 3. The van der Waals surface area contributed by atoms with Gasteiger partial charge in [0.2, 0.25) is 0 Å². The minimum atomic E-state index is -0.774. The molecule has 4 rings (SSSR count). The van der Waals surface area contributed by atoms with Crippen LogP contribution in [0.2, 0.25) is 0 Å². The number of thiazole rings is 1. The summed E-state index contributed by atoms with van der Waals surface area (Å²) in [5.41, 5.74) is 2.94. The van der Waals surface area contributed by atoms with Gasteiger partial charge in [-0.05, 0) is 50.2 Å². The molecule has 2 N–H and O–H groups in total. The number of hydrogen-bond donors (Lipinski definition) is 2. The normalized spacial score (nSPS) is 10.6. The molecule has 0 saturated heterocycles. The number of hydrogen-bond acceptors (Lipinski definition) is 6. The number of anilines is 2. The molecule has 0 radical (unpaired) electrons. The zero-order valence-electron chi connectivity index (χ0n) is 17.3. The van der Waals surface area contributed by atoms with Gasteiger partial charge in [0.1, 0.15) is 0 Å². The minimum Gasteiger partial charge on any atom is -0.319 e. The van der Waals surface area contributed by atoms with Crippen molar-refractivity contribution in [3.05, 3.63) is 88.7 Å². The lowest BCUT2D eigenvalue weighted by Crippen LogP contribution is -2.24. The number of Topliss-reactive ketones (excluding diaryl/α,β-unsaturated/α-hetero) is 1. The summed E-state index contributed by atoms with van der Waals surface area (Å²) in [6.45, 7) is 3.45. The van der Waals surface area contributed by atoms with E-state index >= 15 is 0 Å². The number of carbonyl (C=O) groups is 3. The average molecular weight is 446 g/mol. The largest absolute Gasteiger partial charge is 0.319 e. The van der Waals surface area contributed by atoms with Crippen LogP contribution < -0.4 is 10.6 Å². The highest BCUT2D eigenvalue weighted by atomic mass is 32.1. The lowest BCUT2D eigenvalue weighted by Gasteiger charge is -2.07. The summed E-state index contributed by atoms with van der Waals surface area (Å²) in [5, 5.41) is 12.0. The molecule has 0 atom stereocenters. The van der Waals surface area contributed by atoms with Gasteiger partial charge in [-0.3, -0.25) is 19.7 Å². The van der Waals surface area contributed by atoms with Gasteiger partial charge in [0, 0.05) is 22.8 Å². The SMILES string of the molecule is Cc1nn(-c2ccccc2)c(C)c1C(=O)C(=O)Nc1ccc(C(=O)Nc2nccs2)cc1. The highest BCUT2D eigenvalue weighted by molar-refractivity contribution is 7.13. The molecule has 0 spiro atoms. The van der Waals surface area contributed by atoms with Gasteiger partial charge in [0.05, 0.1) is 22.6 Å². The van der Waals surface area contributed by atoms with Crippen LogP contribution in [0.1, 0.15) is 32.1 Å². The lowest BCUT2D eigenvalue weighted by molar-refractivity contribution is -0.112. The molecule has 2 amide bonds. The van der Waals surface area contributed by atoms with Gasteiger partial charge in [-0.25, -0.2) is 9.67 Å². The maximum atomic E-state index is 12.9. The number of benzene rings is 2. The monoisotopic (exact) mass is 445 g/mol. The molecule has 9 heteroatoms. The maximum Gasteiger partial charge on any atom is 0.296 e. The van der Waals surface area contributed by atoms with Crippen LogP contribution in [-0.2, 0) is 4.79 Å². The predicted molar refractivity (Wildman–Crippen MR) is 123 cm³/mol. The zero-order valence-corrected chi connectivity index (χ0v) is 18.1. The first-order valence-corrected chi connectivity index (χ1v) is 10.6. The Morgan fingerprint density at radius 3 is 2.31 bits per heavy atom. The molecular weight excluding hydrogens is 426 g/mol. The van der Waals surface area contributed by atoms with Crippen LogP contribution in [0.15, 0.2) is 66.2 Å². The van der Waals surface area contributed by atoms with Crippen molar-refractivity contribution in [1.29, 1.82) is 0 Å². The van der Waals surface area contributed by atoms with Crippen molar-refractivity contribution in [2.75, 3.05) is 10.6 Å². The van der Waals surface area contributed by atoms with E-state index in [-0.39, 0.29) is 11.5 Å². The van der Waals surface area contributed by atoms with E-state index in [2.05, 4.69) is 20.7 Å². The molecule has 0 aliphatic heterocycles. The fourth-order valence-electron chi connectivity index (χ4n) is 3.25. The van der Waals surface area contributed by atoms with E-state index in [1.807, 2.05) is 30.3 Å². The number of para-hydroxylation sites is 1. The maximum absolute atomic E-state index is 12.9. The lowest BCUT2D eigenvalue weighted by atomic mass is 10.1. The highest BCUT2D eigenvalue weighted by Crippen LogP contribution is 2.20. The average Bonchev–Trinajstić information content (AvgIpc) is 3.41. The summed E-state index contributed by atoms with van der Waals surface area (Å²) in [6.07, 6.45) is 1.60. The van der Waals surface area contributed by atoms with Crippen molar-refractivity contribution in [2.45, 2.75) is 13.8 Å². The molecule has 0 unspecified atom stereocenters. The van der Waals surface area contributed by atoms with Gasteiger partial charge >= 0.3 is 0 Å². The van der Waals surface area contributed by atoms with Gasteiger partial charge in [-0.2, -0.15) is 5.10 Å². The molecule has 4 aromatic rings. The highest BCUT2D eigenvalue weighted by Gasteiger charge is 2.25. The van der Waals surface area contributed by atoms with Crippen LogP contribution in [0.5, 0.6) is 0 Å². The van der Waals surface area contributed by atoms with Gasteiger partial charge in [-0.1, -0.05) is 18.2 Å². The van der Waals surface area contributed by atoms with E-state index in [1.54, 1.807) is 54.4 Å². The summed E-state index contributed by atoms with van der Waals surface area (Å²) in [7, 11) is 0. The molecule has 2 aromatic heterocycles. The smallest absolute Gasteiger partial charge is 0.296 e. The third kappa shape index (κ3) is 4.33.